The van der Waals surface area contributed by atoms with Crippen LogP contribution in [0.5, 0.6) is 11.5 Å². The van der Waals surface area contributed by atoms with Gasteiger partial charge in [0.25, 0.3) is 0 Å². The summed E-state index contributed by atoms with van der Waals surface area (Å²) in [7, 11) is 1.47. The van der Waals surface area contributed by atoms with Gasteiger partial charge < -0.3 is 29.5 Å². The van der Waals surface area contributed by atoms with Crippen molar-refractivity contribution < 1.29 is 23.6 Å². The van der Waals surface area contributed by atoms with E-state index in [0.29, 0.717) is 29.4 Å². The molecular formula is C30H38N4O5. The van der Waals surface area contributed by atoms with Gasteiger partial charge in [-0.25, -0.2) is 0 Å². The molecule has 2 N–H and O–H groups in total. The standard InChI is InChI=1S/C30H38N4O5/c1-19-13-24(31-27(35)9-12-34-10-7-6-8-11-34)14-20(2)30(19)38-26-16-23(29-21(3)33-39-22(29)4)15-25(17-26)32-28(36)18-37-5/h13-17H,6-12,18H2,1-5H3,(H,31,35)(H,32,36). The van der Waals surface area contributed by atoms with Crippen LogP contribution < -0.4 is 15.4 Å². The van der Waals surface area contributed by atoms with Crippen LogP contribution in [0.4, 0.5) is 11.4 Å². The number of hydrogen-bond donors (Lipinski definition) is 2. The molecule has 0 aliphatic carbocycles. The van der Waals surface area contributed by atoms with Gasteiger partial charge in [-0.3, -0.25) is 9.59 Å². The van der Waals surface area contributed by atoms with Gasteiger partial charge in [0.05, 0.1) is 5.69 Å². The van der Waals surface area contributed by atoms with Gasteiger partial charge in [-0.1, -0.05) is 11.6 Å². The van der Waals surface area contributed by atoms with Crippen molar-refractivity contribution in [3.63, 3.8) is 0 Å². The number of amides is 2. The Labute approximate surface area is 229 Å². The number of carbonyl (C=O) groups excluding carboxylic acids is 2. The fourth-order valence-corrected chi connectivity index (χ4v) is 5.07. The van der Waals surface area contributed by atoms with Crippen molar-refractivity contribution in [3.05, 3.63) is 52.9 Å². The molecule has 1 aromatic heterocycles. The Kier molecular flexibility index (Phi) is 9.37. The zero-order valence-corrected chi connectivity index (χ0v) is 23.5. The quantitative estimate of drug-likeness (QED) is 0.340. The second kappa shape index (κ2) is 12.9. The first-order chi connectivity index (χ1) is 18.7. The maximum atomic E-state index is 12.6. The lowest BCUT2D eigenvalue weighted by Gasteiger charge is -2.26. The van der Waals surface area contributed by atoms with E-state index in [2.05, 4.69) is 20.7 Å². The molecule has 208 valence electrons. The number of likely N-dealkylation sites (tertiary alicyclic amines) is 1. The number of hydrogen-bond acceptors (Lipinski definition) is 7. The number of aromatic nitrogens is 1. The van der Waals surface area contributed by atoms with E-state index in [1.54, 1.807) is 6.07 Å². The minimum absolute atomic E-state index is 0.0108. The van der Waals surface area contributed by atoms with Gasteiger partial charge in [0, 0.05) is 43.1 Å². The van der Waals surface area contributed by atoms with E-state index >= 15 is 0 Å². The van der Waals surface area contributed by atoms with E-state index in [9.17, 15) is 9.59 Å². The average Bonchev–Trinajstić information content (AvgIpc) is 3.23. The SMILES string of the molecule is COCC(=O)Nc1cc(Oc2c(C)cc(NC(=O)CCN3CCCCC3)cc2C)cc(-c2c(C)noc2C)c1. The van der Waals surface area contributed by atoms with Crippen molar-refractivity contribution in [3.8, 4) is 22.6 Å². The second-order valence-corrected chi connectivity index (χ2v) is 10.2. The van der Waals surface area contributed by atoms with Gasteiger partial charge in [0.2, 0.25) is 11.8 Å². The lowest BCUT2D eigenvalue weighted by Crippen LogP contribution is -2.32. The molecule has 39 heavy (non-hydrogen) atoms. The maximum Gasteiger partial charge on any atom is 0.250 e. The Balaban J connectivity index is 1.53. The van der Waals surface area contributed by atoms with Gasteiger partial charge in [0.1, 0.15) is 23.9 Å². The van der Waals surface area contributed by atoms with Crippen LogP contribution in [0.3, 0.4) is 0 Å². The predicted molar refractivity (Wildman–Crippen MR) is 151 cm³/mol. The molecule has 4 rings (SSSR count). The van der Waals surface area contributed by atoms with Crippen molar-refractivity contribution in [2.75, 3.05) is 44.0 Å². The van der Waals surface area contributed by atoms with Gasteiger partial charge in [-0.05, 0) is 94.6 Å². The summed E-state index contributed by atoms with van der Waals surface area (Å²) in [4.78, 5) is 27.2. The average molecular weight is 535 g/mol. The smallest absolute Gasteiger partial charge is 0.250 e. The molecular weight excluding hydrogens is 496 g/mol. The summed E-state index contributed by atoms with van der Waals surface area (Å²) >= 11 is 0. The highest BCUT2D eigenvalue weighted by atomic mass is 16.5. The summed E-state index contributed by atoms with van der Waals surface area (Å²) in [6.45, 7) is 10.5. The molecule has 9 heteroatoms. The number of methoxy groups -OCH3 is 1. The number of aryl methyl sites for hydroxylation is 4. The molecule has 0 atom stereocenters. The van der Waals surface area contributed by atoms with Crippen LogP contribution in [0.25, 0.3) is 11.1 Å². The largest absolute Gasteiger partial charge is 0.457 e. The number of benzene rings is 2. The zero-order chi connectivity index (χ0) is 27.9. The minimum Gasteiger partial charge on any atom is -0.457 e. The summed E-state index contributed by atoms with van der Waals surface area (Å²) in [6, 6.07) is 9.36. The molecule has 1 aliphatic heterocycles. The van der Waals surface area contributed by atoms with Gasteiger partial charge in [0.15, 0.2) is 0 Å². The number of rotatable bonds is 10. The van der Waals surface area contributed by atoms with E-state index in [1.165, 1.54) is 26.4 Å². The molecule has 1 fully saturated rings. The Bertz CT molecular complexity index is 1280. The van der Waals surface area contributed by atoms with Gasteiger partial charge in [-0.2, -0.15) is 0 Å². The fraction of sp³-hybridized carbons (Fsp3) is 0.433. The van der Waals surface area contributed by atoms with E-state index in [0.717, 1.165) is 53.3 Å². The molecule has 2 amide bonds. The Morgan fingerprint density at radius 3 is 2.23 bits per heavy atom. The molecule has 0 bridgehead atoms. The van der Waals surface area contributed by atoms with Crippen molar-refractivity contribution >= 4 is 23.2 Å². The minimum atomic E-state index is -0.271. The maximum absolute atomic E-state index is 12.6. The molecule has 0 saturated carbocycles. The Morgan fingerprint density at radius 2 is 1.59 bits per heavy atom. The summed E-state index contributed by atoms with van der Waals surface area (Å²) in [5, 5.41) is 9.97. The third kappa shape index (κ3) is 7.46. The molecule has 3 aromatic rings. The van der Waals surface area contributed by atoms with E-state index in [1.807, 2.05) is 52.0 Å². The molecule has 0 unspecified atom stereocenters. The van der Waals surface area contributed by atoms with Crippen LogP contribution in [0.2, 0.25) is 0 Å². The number of nitrogens with one attached hydrogen (secondary N) is 2. The van der Waals surface area contributed by atoms with Crippen molar-refractivity contribution in [1.82, 2.24) is 10.1 Å². The van der Waals surface area contributed by atoms with Crippen molar-refractivity contribution in [2.45, 2.75) is 53.4 Å². The van der Waals surface area contributed by atoms with Crippen molar-refractivity contribution in [1.29, 1.82) is 0 Å². The summed E-state index contributed by atoms with van der Waals surface area (Å²) in [5.41, 5.74) is 5.48. The first-order valence-corrected chi connectivity index (χ1v) is 13.4. The van der Waals surface area contributed by atoms with Gasteiger partial charge >= 0.3 is 0 Å². The molecule has 0 radical (unpaired) electrons. The Morgan fingerprint density at radius 1 is 0.923 bits per heavy atom. The molecule has 1 aliphatic rings. The van der Waals surface area contributed by atoms with E-state index in [4.69, 9.17) is 14.0 Å². The van der Waals surface area contributed by atoms with Crippen LogP contribution in [0, 0.1) is 27.7 Å². The van der Waals surface area contributed by atoms with E-state index < -0.39 is 0 Å². The molecule has 0 spiro atoms. The molecule has 9 nitrogen and oxygen atoms in total. The topological polar surface area (TPSA) is 106 Å². The monoisotopic (exact) mass is 534 g/mol. The number of nitrogens with zero attached hydrogens (tertiary/aromatic N) is 2. The van der Waals surface area contributed by atoms with Crippen LogP contribution in [0.15, 0.2) is 34.9 Å². The normalized spacial score (nSPS) is 13.8. The highest BCUT2D eigenvalue weighted by Crippen LogP contribution is 2.37. The summed E-state index contributed by atoms with van der Waals surface area (Å²) in [6.07, 6.45) is 4.18. The van der Waals surface area contributed by atoms with Crippen LogP contribution in [-0.2, 0) is 14.3 Å². The predicted octanol–water partition coefficient (Wildman–Crippen LogP) is 5.77. The third-order valence-corrected chi connectivity index (χ3v) is 6.86. The van der Waals surface area contributed by atoms with Crippen LogP contribution >= 0.6 is 0 Å². The van der Waals surface area contributed by atoms with E-state index in [-0.39, 0.29) is 18.4 Å². The number of piperidine rings is 1. The summed E-state index contributed by atoms with van der Waals surface area (Å²) in [5.74, 6) is 1.64. The molecule has 1 saturated heterocycles. The summed E-state index contributed by atoms with van der Waals surface area (Å²) < 4.78 is 16.7. The fourth-order valence-electron chi connectivity index (χ4n) is 5.07. The van der Waals surface area contributed by atoms with Gasteiger partial charge in [-0.15, -0.1) is 0 Å². The number of ether oxygens (including phenoxy) is 2. The lowest BCUT2D eigenvalue weighted by atomic mass is 10.0. The zero-order valence-electron chi connectivity index (χ0n) is 23.5. The molecule has 2 heterocycles. The van der Waals surface area contributed by atoms with Crippen molar-refractivity contribution in [2.24, 2.45) is 0 Å². The highest BCUT2D eigenvalue weighted by molar-refractivity contribution is 5.93. The number of anilines is 2. The van der Waals surface area contributed by atoms with Crippen LogP contribution in [0.1, 0.15) is 48.3 Å². The molecule has 2 aromatic carbocycles. The first-order valence-electron chi connectivity index (χ1n) is 13.4. The highest BCUT2D eigenvalue weighted by Gasteiger charge is 2.17. The third-order valence-electron chi connectivity index (χ3n) is 6.86. The van der Waals surface area contributed by atoms with Crippen LogP contribution in [-0.4, -0.2) is 55.2 Å². The first kappa shape index (κ1) is 28.3. The number of carbonyl (C=O) groups is 2. The Hall–Kier alpha value is -3.69. The second-order valence-electron chi connectivity index (χ2n) is 10.2. The lowest BCUT2D eigenvalue weighted by molar-refractivity contribution is -0.119.